The molecule has 1 aromatic heterocycles. The number of non-ortho nitro benzene ring substituents is 1. The van der Waals surface area contributed by atoms with Crippen molar-refractivity contribution in [1.29, 1.82) is 0 Å². The Morgan fingerprint density at radius 2 is 1.67 bits per heavy atom. The molecule has 0 atom stereocenters. The van der Waals surface area contributed by atoms with E-state index in [4.69, 9.17) is 0 Å². The van der Waals surface area contributed by atoms with Gasteiger partial charge in [0.05, 0.1) is 11.5 Å². The Hall–Kier alpha value is -3.99. The van der Waals surface area contributed by atoms with Gasteiger partial charge in [-0.2, -0.15) is 0 Å². The number of nitrogens with zero attached hydrogens (tertiary/aromatic N) is 5. The molecule has 1 aliphatic rings. The Labute approximate surface area is 232 Å². The Morgan fingerprint density at radius 3 is 2.23 bits per heavy atom. The van der Waals surface area contributed by atoms with Crippen molar-refractivity contribution in [3.8, 4) is 0 Å². The number of anilines is 2. The first-order valence-corrected chi connectivity index (χ1v) is 13.9. The van der Waals surface area contributed by atoms with Crippen LogP contribution in [0.25, 0.3) is 0 Å². The average molecular weight is 551 g/mol. The zero-order valence-corrected chi connectivity index (χ0v) is 23.5. The topological polar surface area (TPSA) is 112 Å². The zero-order chi connectivity index (χ0) is 28.1. The minimum atomic E-state index is -0.416. The number of benzene rings is 2. The summed E-state index contributed by atoms with van der Waals surface area (Å²) < 4.78 is 0. The van der Waals surface area contributed by atoms with Gasteiger partial charge in [-0.25, -0.2) is 9.78 Å². The number of nitro benzene ring substituents is 1. The molecule has 10 nitrogen and oxygen atoms in total. The van der Waals surface area contributed by atoms with Crippen molar-refractivity contribution in [2.24, 2.45) is 0 Å². The summed E-state index contributed by atoms with van der Waals surface area (Å²) in [6.07, 6.45) is 0. The van der Waals surface area contributed by atoms with Gasteiger partial charge in [-0.1, -0.05) is 26.0 Å². The number of carbonyl (C=O) groups is 2. The highest BCUT2D eigenvalue weighted by molar-refractivity contribution is 7.09. The van der Waals surface area contributed by atoms with E-state index in [2.05, 4.69) is 29.0 Å². The lowest BCUT2D eigenvalue weighted by Crippen LogP contribution is -2.48. The van der Waals surface area contributed by atoms with Crippen molar-refractivity contribution in [3.63, 3.8) is 0 Å². The highest BCUT2D eigenvalue weighted by Crippen LogP contribution is 2.23. The van der Waals surface area contributed by atoms with Gasteiger partial charge in [0.25, 0.3) is 11.6 Å². The van der Waals surface area contributed by atoms with Crippen LogP contribution in [0.4, 0.5) is 21.9 Å². The maximum atomic E-state index is 13.1. The molecule has 39 heavy (non-hydrogen) atoms. The molecular weight excluding hydrogens is 516 g/mol. The quantitative estimate of drug-likeness (QED) is 0.290. The van der Waals surface area contributed by atoms with E-state index in [1.807, 2.05) is 38.1 Å². The molecule has 3 amide bonds. The molecule has 1 saturated heterocycles. The number of hydrogen-bond acceptors (Lipinski definition) is 7. The predicted molar refractivity (Wildman–Crippen MR) is 154 cm³/mol. The first-order chi connectivity index (χ1) is 18.6. The van der Waals surface area contributed by atoms with E-state index >= 15 is 0 Å². The second-order valence-corrected chi connectivity index (χ2v) is 11.1. The Kier molecular flexibility index (Phi) is 8.80. The van der Waals surface area contributed by atoms with E-state index in [0.717, 1.165) is 11.4 Å². The molecule has 0 aliphatic carbocycles. The summed E-state index contributed by atoms with van der Waals surface area (Å²) in [7, 11) is 0. The third kappa shape index (κ3) is 6.91. The minimum Gasteiger partial charge on any atom is -0.368 e. The molecule has 2 heterocycles. The molecule has 4 rings (SSSR count). The average Bonchev–Trinajstić information content (AvgIpc) is 3.40. The molecule has 1 N–H and O–H groups in total. The molecule has 0 radical (unpaired) electrons. The van der Waals surface area contributed by atoms with Crippen molar-refractivity contribution in [2.45, 2.75) is 46.2 Å². The second kappa shape index (κ2) is 12.2. The summed E-state index contributed by atoms with van der Waals surface area (Å²) in [5.74, 6) is 0.286. The van der Waals surface area contributed by atoms with Crippen LogP contribution in [0, 0.1) is 10.1 Å². The lowest BCUT2D eigenvalue weighted by Gasteiger charge is -2.35. The smallest absolute Gasteiger partial charge is 0.322 e. The van der Waals surface area contributed by atoms with E-state index in [0.29, 0.717) is 49.3 Å². The fourth-order valence-corrected chi connectivity index (χ4v) is 5.14. The fraction of sp³-hybridized carbons (Fsp3) is 0.393. The maximum Gasteiger partial charge on any atom is 0.322 e. The summed E-state index contributed by atoms with van der Waals surface area (Å²) in [6, 6.07) is 14.0. The summed E-state index contributed by atoms with van der Waals surface area (Å²) in [5, 5.41) is 16.3. The zero-order valence-electron chi connectivity index (χ0n) is 22.7. The molecule has 0 saturated carbocycles. The van der Waals surface area contributed by atoms with E-state index in [1.54, 1.807) is 27.3 Å². The summed E-state index contributed by atoms with van der Waals surface area (Å²) in [4.78, 5) is 46.8. The lowest BCUT2D eigenvalue weighted by atomic mass is 10.0. The third-order valence-electron chi connectivity index (χ3n) is 6.78. The SMILES string of the molecule is CC(C)c1ccc(NC(=O)N(Cc2nc(C(=O)N3CCN(c4ccc([N+](=O)[O-])cc4)CC3)cs2)C(C)C)cc1. The highest BCUT2D eigenvalue weighted by Gasteiger charge is 2.25. The van der Waals surface area contributed by atoms with Gasteiger partial charge in [0.2, 0.25) is 0 Å². The van der Waals surface area contributed by atoms with Crippen molar-refractivity contribution in [2.75, 3.05) is 36.4 Å². The van der Waals surface area contributed by atoms with Crippen LogP contribution in [0.5, 0.6) is 0 Å². The van der Waals surface area contributed by atoms with Gasteiger partial charge < -0.3 is 20.0 Å². The van der Waals surface area contributed by atoms with E-state index in [9.17, 15) is 19.7 Å². The molecular formula is C28H34N6O4S. The van der Waals surface area contributed by atoms with Gasteiger partial charge in [-0.05, 0) is 49.6 Å². The molecule has 0 unspecified atom stereocenters. The number of carbonyl (C=O) groups excluding carboxylic acids is 2. The molecule has 0 bridgehead atoms. The third-order valence-corrected chi connectivity index (χ3v) is 7.62. The first kappa shape index (κ1) is 28.0. The number of urea groups is 1. The maximum absolute atomic E-state index is 13.1. The lowest BCUT2D eigenvalue weighted by molar-refractivity contribution is -0.384. The molecule has 11 heteroatoms. The van der Waals surface area contributed by atoms with Gasteiger partial charge in [-0.15, -0.1) is 11.3 Å². The molecule has 1 fully saturated rings. The summed E-state index contributed by atoms with van der Waals surface area (Å²) in [6.45, 7) is 10.8. The number of nitrogens with one attached hydrogen (secondary N) is 1. The Morgan fingerprint density at radius 1 is 1.03 bits per heavy atom. The van der Waals surface area contributed by atoms with Crippen LogP contribution in [-0.2, 0) is 6.54 Å². The van der Waals surface area contributed by atoms with Gasteiger partial charge in [0, 0.05) is 61.1 Å². The van der Waals surface area contributed by atoms with Crippen LogP contribution in [0.1, 0.15) is 54.7 Å². The molecule has 206 valence electrons. The van der Waals surface area contributed by atoms with E-state index < -0.39 is 4.92 Å². The monoisotopic (exact) mass is 550 g/mol. The minimum absolute atomic E-state index is 0.0562. The van der Waals surface area contributed by atoms with Gasteiger partial charge in [0.1, 0.15) is 10.7 Å². The normalized spacial score (nSPS) is 13.6. The number of rotatable bonds is 8. The van der Waals surface area contributed by atoms with Crippen molar-refractivity contribution >= 4 is 40.3 Å². The van der Waals surface area contributed by atoms with Crippen LogP contribution in [0.3, 0.4) is 0 Å². The number of aromatic nitrogens is 1. The number of piperazine rings is 1. The standard InChI is InChI=1S/C28H34N6O4S/c1-19(2)21-5-7-22(8-6-21)29-28(36)33(20(3)4)17-26-30-25(18-39-26)27(35)32-15-13-31(14-16-32)23-9-11-24(12-10-23)34(37)38/h5-12,18-20H,13-17H2,1-4H3,(H,29,36). The Bertz CT molecular complexity index is 1300. The Balaban J connectivity index is 1.33. The van der Waals surface area contributed by atoms with Crippen LogP contribution in [-0.4, -0.2) is 63.9 Å². The molecule has 0 spiro atoms. The molecule has 1 aliphatic heterocycles. The van der Waals surface area contributed by atoms with Crippen LogP contribution < -0.4 is 10.2 Å². The van der Waals surface area contributed by atoms with Gasteiger partial charge >= 0.3 is 6.03 Å². The van der Waals surface area contributed by atoms with Gasteiger partial charge in [-0.3, -0.25) is 14.9 Å². The second-order valence-electron chi connectivity index (χ2n) is 10.1. The predicted octanol–water partition coefficient (Wildman–Crippen LogP) is 5.58. The largest absolute Gasteiger partial charge is 0.368 e. The van der Waals surface area contributed by atoms with Crippen molar-refractivity contribution in [3.05, 3.63) is 80.3 Å². The van der Waals surface area contributed by atoms with Crippen LogP contribution in [0.2, 0.25) is 0 Å². The molecule has 2 aromatic carbocycles. The van der Waals surface area contributed by atoms with Crippen LogP contribution in [0.15, 0.2) is 53.9 Å². The summed E-state index contributed by atoms with van der Waals surface area (Å²) in [5.41, 5.74) is 3.28. The number of nitro groups is 1. The van der Waals surface area contributed by atoms with Crippen LogP contribution >= 0.6 is 11.3 Å². The van der Waals surface area contributed by atoms with E-state index in [1.165, 1.54) is 29.0 Å². The summed E-state index contributed by atoms with van der Waals surface area (Å²) >= 11 is 1.37. The van der Waals surface area contributed by atoms with E-state index in [-0.39, 0.29) is 23.7 Å². The first-order valence-electron chi connectivity index (χ1n) is 13.0. The molecule has 3 aromatic rings. The van der Waals surface area contributed by atoms with Gasteiger partial charge in [0.15, 0.2) is 0 Å². The van der Waals surface area contributed by atoms with Crippen molar-refractivity contribution < 1.29 is 14.5 Å². The highest BCUT2D eigenvalue weighted by atomic mass is 32.1. The number of amides is 3. The number of thiazole rings is 1. The van der Waals surface area contributed by atoms with Crippen molar-refractivity contribution in [1.82, 2.24) is 14.8 Å². The number of hydrogen-bond donors (Lipinski definition) is 1. The fourth-order valence-electron chi connectivity index (χ4n) is 4.38.